The average Bonchev–Trinajstić information content (AvgIpc) is 3.28. The zero-order valence-electron chi connectivity index (χ0n) is 11.1. The third kappa shape index (κ3) is 2.27. The maximum absolute atomic E-state index is 6.85. The van der Waals surface area contributed by atoms with Crippen molar-refractivity contribution in [1.82, 2.24) is 19.9 Å². The summed E-state index contributed by atoms with van der Waals surface area (Å²) in [7, 11) is 0. The van der Waals surface area contributed by atoms with Gasteiger partial charge in [-0.05, 0) is 12.8 Å². The predicted octanol–water partition coefficient (Wildman–Crippen LogP) is 2.34. The molecule has 21 heavy (non-hydrogen) atoms. The highest BCUT2D eigenvalue weighted by Crippen LogP contribution is 2.38. The summed E-state index contributed by atoms with van der Waals surface area (Å²) in [6.45, 7) is 6.85. The molecule has 0 radical (unpaired) electrons. The van der Waals surface area contributed by atoms with E-state index in [2.05, 4.69) is 35.1 Å². The number of H-pyrrole nitrogens is 2. The van der Waals surface area contributed by atoms with E-state index >= 15 is 0 Å². The average molecular weight is 278 g/mol. The standard InChI is InChI=1S/C14H11N7/c1-15-12-6-18-13(7-17-12)21-11-4-9-10(5-16-11)20-14(19-9)8-2-3-8/h4-8H,2-3H2,(H,19,20)(H,16,18,21)/p+1. The summed E-state index contributed by atoms with van der Waals surface area (Å²) in [5, 5.41) is 3.12. The molecule has 0 saturated heterocycles. The first-order chi connectivity index (χ1) is 10.3. The number of fused-ring (bicyclic) bond motifs is 1. The van der Waals surface area contributed by atoms with Crippen molar-refractivity contribution in [2.75, 3.05) is 5.32 Å². The number of aromatic nitrogens is 5. The molecule has 3 aromatic heterocycles. The van der Waals surface area contributed by atoms with Gasteiger partial charge in [0.25, 0.3) is 17.5 Å². The molecule has 3 aromatic rings. The Hall–Kier alpha value is -3.01. The highest BCUT2D eigenvalue weighted by atomic mass is 15.1. The summed E-state index contributed by atoms with van der Waals surface area (Å²) in [5.41, 5.74) is 1.92. The third-order valence-electron chi connectivity index (χ3n) is 3.41. The Balaban J connectivity index is 1.61. The smallest absolute Gasteiger partial charge is 0.288 e. The molecular formula is C14H12N7+. The summed E-state index contributed by atoms with van der Waals surface area (Å²) >= 11 is 0. The molecule has 0 unspecified atom stereocenters. The number of nitrogens with zero attached hydrogens (tertiary/aromatic N) is 4. The highest BCUT2D eigenvalue weighted by Gasteiger charge is 2.27. The monoisotopic (exact) mass is 278 g/mol. The molecule has 4 rings (SSSR count). The van der Waals surface area contributed by atoms with Crippen LogP contribution in [0.3, 0.4) is 0 Å². The van der Waals surface area contributed by atoms with Crippen molar-refractivity contribution in [3.8, 4) is 0 Å². The van der Waals surface area contributed by atoms with Gasteiger partial charge in [0.05, 0.1) is 12.3 Å². The molecule has 1 aliphatic carbocycles. The molecule has 1 saturated carbocycles. The van der Waals surface area contributed by atoms with Gasteiger partial charge < -0.3 is 9.83 Å². The summed E-state index contributed by atoms with van der Waals surface area (Å²) < 4.78 is 0. The number of aromatic amines is 2. The topological polar surface area (TPSA) is 85.0 Å². The molecule has 1 fully saturated rings. The van der Waals surface area contributed by atoms with Crippen molar-refractivity contribution < 1.29 is 4.98 Å². The van der Waals surface area contributed by atoms with Gasteiger partial charge in [-0.25, -0.2) is 20.3 Å². The first kappa shape index (κ1) is 11.8. The predicted molar refractivity (Wildman–Crippen MR) is 76.2 cm³/mol. The van der Waals surface area contributed by atoms with Crippen LogP contribution < -0.4 is 10.3 Å². The Morgan fingerprint density at radius 3 is 2.95 bits per heavy atom. The fourth-order valence-corrected chi connectivity index (χ4v) is 2.17. The van der Waals surface area contributed by atoms with Gasteiger partial charge in [-0.1, -0.05) is 6.57 Å². The molecule has 0 bridgehead atoms. The SMILES string of the molecule is [C-]#[N+]c1cnc(Nc2cc3nc(C4CC4)[nH]c3c[nH+]2)cn1. The third-order valence-corrected chi connectivity index (χ3v) is 3.41. The lowest BCUT2D eigenvalue weighted by atomic mass is 10.4. The number of nitrogens with one attached hydrogen (secondary N) is 3. The van der Waals surface area contributed by atoms with E-state index in [-0.39, 0.29) is 5.82 Å². The number of hydrogen-bond donors (Lipinski definition) is 2. The minimum Gasteiger partial charge on any atom is -0.359 e. The summed E-state index contributed by atoms with van der Waals surface area (Å²) in [6.07, 6.45) is 7.30. The molecule has 0 amide bonds. The number of imidazole rings is 1. The molecule has 0 aromatic carbocycles. The maximum Gasteiger partial charge on any atom is 0.288 e. The summed E-state index contributed by atoms with van der Waals surface area (Å²) in [4.78, 5) is 22.4. The minimum absolute atomic E-state index is 0.279. The van der Waals surface area contributed by atoms with E-state index < -0.39 is 0 Å². The number of anilines is 2. The zero-order chi connectivity index (χ0) is 14.2. The van der Waals surface area contributed by atoms with Gasteiger partial charge in [-0.3, -0.25) is 0 Å². The molecule has 7 nitrogen and oxygen atoms in total. The second-order valence-corrected chi connectivity index (χ2v) is 5.04. The van der Waals surface area contributed by atoms with Crippen LogP contribution in [0.4, 0.5) is 17.5 Å². The number of pyridine rings is 1. The number of hydrogen-bond acceptors (Lipinski definition) is 4. The molecule has 102 valence electrons. The van der Waals surface area contributed by atoms with E-state index in [9.17, 15) is 0 Å². The van der Waals surface area contributed by atoms with Crippen LogP contribution in [0.5, 0.6) is 0 Å². The van der Waals surface area contributed by atoms with Crippen molar-refractivity contribution in [1.29, 1.82) is 0 Å². The van der Waals surface area contributed by atoms with Crippen LogP contribution in [0.15, 0.2) is 24.7 Å². The Kier molecular flexibility index (Phi) is 2.54. The van der Waals surface area contributed by atoms with Crippen LogP contribution in [0.2, 0.25) is 0 Å². The van der Waals surface area contributed by atoms with E-state index in [0.29, 0.717) is 11.7 Å². The highest BCUT2D eigenvalue weighted by molar-refractivity contribution is 5.76. The van der Waals surface area contributed by atoms with Gasteiger partial charge >= 0.3 is 0 Å². The van der Waals surface area contributed by atoms with E-state index in [1.807, 2.05) is 12.3 Å². The van der Waals surface area contributed by atoms with Crippen LogP contribution in [0, 0.1) is 6.57 Å². The van der Waals surface area contributed by atoms with Crippen LogP contribution in [0.25, 0.3) is 15.9 Å². The van der Waals surface area contributed by atoms with Crippen molar-refractivity contribution >= 4 is 28.5 Å². The van der Waals surface area contributed by atoms with Gasteiger partial charge in [-0.2, -0.15) is 0 Å². The van der Waals surface area contributed by atoms with Crippen LogP contribution in [0.1, 0.15) is 24.6 Å². The van der Waals surface area contributed by atoms with E-state index in [1.165, 1.54) is 25.2 Å². The molecule has 0 spiro atoms. The summed E-state index contributed by atoms with van der Waals surface area (Å²) in [5.74, 6) is 3.30. The lowest BCUT2D eigenvalue weighted by Gasteiger charge is -1.95. The van der Waals surface area contributed by atoms with Crippen molar-refractivity contribution in [3.05, 3.63) is 41.9 Å². The van der Waals surface area contributed by atoms with Gasteiger partial charge in [0.1, 0.15) is 23.1 Å². The molecule has 1 aliphatic rings. The maximum atomic E-state index is 6.85. The zero-order valence-corrected chi connectivity index (χ0v) is 11.1. The first-order valence-electron chi connectivity index (χ1n) is 6.70. The van der Waals surface area contributed by atoms with Gasteiger partial charge in [0, 0.05) is 5.92 Å². The van der Waals surface area contributed by atoms with Crippen molar-refractivity contribution in [2.24, 2.45) is 0 Å². The molecule has 0 aliphatic heterocycles. The van der Waals surface area contributed by atoms with Gasteiger partial charge in [0.15, 0.2) is 6.20 Å². The second kappa shape index (κ2) is 4.52. The molecule has 3 heterocycles. The van der Waals surface area contributed by atoms with Crippen LogP contribution in [-0.2, 0) is 0 Å². The van der Waals surface area contributed by atoms with E-state index in [4.69, 9.17) is 6.57 Å². The van der Waals surface area contributed by atoms with Crippen LogP contribution in [-0.4, -0.2) is 19.9 Å². The Bertz CT molecular complexity index is 840. The minimum atomic E-state index is 0.279. The first-order valence-corrected chi connectivity index (χ1v) is 6.70. The molecule has 7 heteroatoms. The Morgan fingerprint density at radius 2 is 2.24 bits per heavy atom. The van der Waals surface area contributed by atoms with Crippen molar-refractivity contribution in [2.45, 2.75) is 18.8 Å². The van der Waals surface area contributed by atoms with Crippen molar-refractivity contribution in [3.63, 3.8) is 0 Å². The second-order valence-electron chi connectivity index (χ2n) is 5.04. The Labute approximate surface area is 120 Å². The quantitative estimate of drug-likeness (QED) is 0.720. The molecular weight excluding hydrogens is 266 g/mol. The Morgan fingerprint density at radius 1 is 1.33 bits per heavy atom. The van der Waals surface area contributed by atoms with E-state index in [1.54, 1.807) is 0 Å². The molecule has 3 N–H and O–H groups in total. The lowest BCUT2D eigenvalue weighted by Crippen LogP contribution is -2.09. The van der Waals surface area contributed by atoms with Crippen LogP contribution >= 0.6 is 0 Å². The summed E-state index contributed by atoms with van der Waals surface area (Å²) in [6, 6.07) is 1.93. The largest absolute Gasteiger partial charge is 0.359 e. The fourth-order valence-electron chi connectivity index (χ4n) is 2.17. The fraction of sp³-hybridized carbons (Fsp3) is 0.214. The normalized spacial score (nSPS) is 14.0. The van der Waals surface area contributed by atoms with Gasteiger partial charge in [-0.15, -0.1) is 4.98 Å². The number of rotatable bonds is 3. The molecule has 0 atom stereocenters. The van der Waals surface area contributed by atoms with E-state index in [0.717, 1.165) is 22.7 Å². The van der Waals surface area contributed by atoms with Gasteiger partial charge in [0.2, 0.25) is 0 Å². The lowest BCUT2D eigenvalue weighted by molar-refractivity contribution is -0.358.